The van der Waals surface area contributed by atoms with E-state index in [2.05, 4.69) is 9.97 Å². The van der Waals surface area contributed by atoms with Crippen molar-refractivity contribution < 1.29 is 24.5 Å². The predicted octanol–water partition coefficient (Wildman–Crippen LogP) is 3.62. The van der Waals surface area contributed by atoms with Gasteiger partial charge in [0.25, 0.3) is 0 Å². The van der Waals surface area contributed by atoms with E-state index < -0.39 is 11.7 Å². The van der Waals surface area contributed by atoms with Gasteiger partial charge in [-0.15, -0.1) is 0 Å². The molecule has 0 atom stereocenters. The Bertz CT molecular complexity index is 897. The van der Waals surface area contributed by atoms with E-state index >= 15 is 0 Å². The molecule has 1 heterocycles. The number of carboxylic acids is 1. The Morgan fingerprint density at radius 1 is 0.857 bits per heavy atom. The second-order valence-electron chi connectivity index (χ2n) is 5.80. The minimum Gasteiger partial charge on any atom is -0.502 e. The van der Waals surface area contributed by atoms with Gasteiger partial charge in [0.1, 0.15) is 13.2 Å². The van der Waals surface area contributed by atoms with Crippen molar-refractivity contribution in [2.24, 2.45) is 0 Å². The van der Waals surface area contributed by atoms with E-state index in [1.807, 2.05) is 60.7 Å². The smallest absolute Gasteiger partial charge is 0.371 e. The van der Waals surface area contributed by atoms with Gasteiger partial charge in [0.05, 0.1) is 5.69 Å². The third-order valence-corrected chi connectivity index (χ3v) is 3.65. The standard InChI is InChI=1S/C21H18N2O5/c24-18(20(25)26)11-17-12-19(27-13-15-7-3-1-4-8-15)23-21(22-17)28-14-16-9-5-2-6-10-16/h1-12,24H,13-14H2,(H,25,26)/b18-11-. The van der Waals surface area contributed by atoms with Crippen molar-refractivity contribution in [1.82, 2.24) is 9.97 Å². The molecule has 3 aromatic rings. The van der Waals surface area contributed by atoms with Crippen molar-refractivity contribution in [3.8, 4) is 11.9 Å². The number of rotatable bonds is 8. The summed E-state index contributed by atoms with van der Waals surface area (Å²) in [4.78, 5) is 19.2. The minimum atomic E-state index is -1.46. The van der Waals surface area contributed by atoms with Gasteiger partial charge in [-0.05, 0) is 11.1 Å². The van der Waals surface area contributed by atoms with Gasteiger partial charge < -0.3 is 19.7 Å². The lowest BCUT2D eigenvalue weighted by molar-refractivity contribution is -0.135. The lowest BCUT2D eigenvalue weighted by Gasteiger charge is -2.09. The molecular weight excluding hydrogens is 360 g/mol. The maximum atomic E-state index is 10.9. The van der Waals surface area contributed by atoms with Crippen LogP contribution in [0.2, 0.25) is 0 Å². The van der Waals surface area contributed by atoms with Crippen LogP contribution in [0.25, 0.3) is 6.08 Å². The number of hydrogen-bond donors (Lipinski definition) is 2. The number of carbonyl (C=O) groups is 1. The number of aliphatic hydroxyl groups is 1. The highest BCUT2D eigenvalue weighted by molar-refractivity contribution is 5.88. The molecule has 2 N–H and O–H groups in total. The third kappa shape index (κ3) is 5.57. The topological polar surface area (TPSA) is 102 Å². The lowest BCUT2D eigenvalue weighted by atomic mass is 10.2. The van der Waals surface area contributed by atoms with Gasteiger partial charge >= 0.3 is 12.0 Å². The molecule has 142 valence electrons. The van der Waals surface area contributed by atoms with E-state index in [-0.39, 0.29) is 30.8 Å². The van der Waals surface area contributed by atoms with Crippen molar-refractivity contribution in [1.29, 1.82) is 0 Å². The number of ether oxygens (including phenoxy) is 2. The summed E-state index contributed by atoms with van der Waals surface area (Å²) in [5.41, 5.74) is 2.02. The van der Waals surface area contributed by atoms with Crippen LogP contribution in [0.1, 0.15) is 16.8 Å². The quantitative estimate of drug-likeness (QED) is 0.456. The van der Waals surface area contributed by atoms with Crippen LogP contribution < -0.4 is 9.47 Å². The lowest BCUT2D eigenvalue weighted by Crippen LogP contribution is -2.05. The Morgan fingerprint density at radius 3 is 2.00 bits per heavy atom. The fourth-order valence-electron chi connectivity index (χ4n) is 2.29. The molecule has 3 rings (SSSR count). The first-order valence-electron chi connectivity index (χ1n) is 8.46. The highest BCUT2D eigenvalue weighted by Crippen LogP contribution is 2.18. The number of benzene rings is 2. The summed E-state index contributed by atoms with van der Waals surface area (Å²) in [7, 11) is 0. The Morgan fingerprint density at radius 2 is 1.43 bits per heavy atom. The molecule has 1 aromatic heterocycles. The Labute approximate surface area is 161 Å². The molecule has 7 heteroatoms. The molecule has 2 aromatic carbocycles. The summed E-state index contributed by atoms with van der Waals surface area (Å²) in [5, 5.41) is 18.4. The second-order valence-corrected chi connectivity index (χ2v) is 5.80. The van der Waals surface area contributed by atoms with E-state index in [4.69, 9.17) is 14.6 Å². The number of carboxylic acid groups (broad SMARTS) is 1. The summed E-state index contributed by atoms with van der Waals surface area (Å²) in [6, 6.07) is 20.4. The minimum absolute atomic E-state index is 0.0128. The SMILES string of the molecule is O=C(O)/C(O)=C/c1cc(OCc2ccccc2)nc(OCc2ccccc2)n1. The molecule has 28 heavy (non-hydrogen) atoms. The highest BCUT2D eigenvalue weighted by atomic mass is 16.5. The van der Waals surface area contributed by atoms with Crippen LogP contribution in [0, 0.1) is 0 Å². The molecule has 0 amide bonds. The Kier molecular flexibility index (Phi) is 6.20. The van der Waals surface area contributed by atoms with E-state index in [1.54, 1.807) is 0 Å². The van der Waals surface area contributed by atoms with E-state index in [9.17, 15) is 9.90 Å². The fraction of sp³-hybridized carbons (Fsp3) is 0.0952. The van der Waals surface area contributed by atoms with Crippen LogP contribution in [0.15, 0.2) is 72.5 Å². The van der Waals surface area contributed by atoms with Crippen LogP contribution in [0.5, 0.6) is 11.9 Å². The van der Waals surface area contributed by atoms with Crippen LogP contribution in [0.4, 0.5) is 0 Å². The van der Waals surface area contributed by atoms with Crippen LogP contribution >= 0.6 is 0 Å². The zero-order valence-corrected chi connectivity index (χ0v) is 14.9. The number of hydrogen-bond acceptors (Lipinski definition) is 6. The van der Waals surface area contributed by atoms with Crippen molar-refractivity contribution in [3.05, 3.63) is 89.3 Å². The maximum absolute atomic E-state index is 10.9. The first-order valence-corrected chi connectivity index (χ1v) is 8.46. The zero-order chi connectivity index (χ0) is 19.8. The molecule has 0 aliphatic heterocycles. The van der Waals surface area contributed by atoms with Gasteiger partial charge in [-0.3, -0.25) is 0 Å². The van der Waals surface area contributed by atoms with Gasteiger partial charge in [-0.25, -0.2) is 4.79 Å². The molecule has 0 aliphatic rings. The van der Waals surface area contributed by atoms with E-state index in [1.165, 1.54) is 6.07 Å². The van der Waals surface area contributed by atoms with Crippen LogP contribution in [0.3, 0.4) is 0 Å². The van der Waals surface area contributed by atoms with Crippen LogP contribution in [-0.4, -0.2) is 26.2 Å². The maximum Gasteiger partial charge on any atom is 0.371 e. The fourth-order valence-corrected chi connectivity index (χ4v) is 2.29. The largest absolute Gasteiger partial charge is 0.502 e. The normalized spacial score (nSPS) is 11.1. The predicted molar refractivity (Wildman–Crippen MR) is 102 cm³/mol. The van der Waals surface area contributed by atoms with E-state index in [0.717, 1.165) is 17.2 Å². The van der Waals surface area contributed by atoms with Gasteiger partial charge in [-0.2, -0.15) is 9.97 Å². The monoisotopic (exact) mass is 378 g/mol. The van der Waals surface area contributed by atoms with Gasteiger partial charge in [-0.1, -0.05) is 60.7 Å². The first kappa shape index (κ1) is 18.9. The molecule has 0 spiro atoms. The van der Waals surface area contributed by atoms with Crippen molar-refractivity contribution >= 4 is 12.0 Å². The zero-order valence-electron chi connectivity index (χ0n) is 14.9. The summed E-state index contributed by atoms with van der Waals surface area (Å²) in [6.07, 6.45) is 1.01. The molecule has 0 fully saturated rings. The first-order chi connectivity index (χ1) is 13.6. The number of aromatic nitrogens is 2. The number of nitrogens with zero attached hydrogens (tertiary/aromatic N) is 2. The highest BCUT2D eigenvalue weighted by Gasteiger charge is 2.10. The van der Waals surface area contributed by atoms with Crippen molar-refractivity contribution in [2.45, 2.75) is 13.2 Å². The number of aliphatic hydroxyl groups excluding tert-OH is 1. The summed E-state index contributed by atoms with van der Waals surface area (Å²) >= 11 is 0. The van der Waals surface area contributed by atoms with Gasteiger partial charge in [0.15, 0.2) is 0 Å². The van der Waals surface area contributed by atoms with Crippen LogP contribution in [-0.2, 0) is 18.0 Å². The summed E-state index contributed by atoms with van der Waals surface area (Å²) < 4.78 is 11.3. The molecular formula is C21H18N2O5. The Balaban J connectivity index is 1.80. The molecule has 0 bridgehead atoms. The second kappa shape index (κ2) is 9.18. The number of aliphatic carboxylic acids is 1. The van der Waals surface area contributed by atoms with Gasteiger partial charge in [0.2, 0.25) is 11.6 Å². The molecule has 0 aliphatic carbocycles. The van der Waals surface area contributed by atoms with Crippen molar-refractivity contribution in [3.63, 3.8) is 0 Å². The van der Waals surface area contributed by atoms with E-state index in [0.29, 0.717) is 0 Å². The average molecular weight is 378 g/mol. The van der Waals surface area contributed by atoms with Gasteiger partial charge in [0, 0.05) is 12.1 Å². The average Bonchev–Trinajstić information content (AvgIpc) is 2.72. The molecule has 0 saturated carbocycles. The molecule has 0 saturated heterocycles. The van der Waals surface area contributed by atoms with Crippen molar-refractivity contribution in [2.75, 3.05) is 0 Å². The Hall–Kier alpha value is -3.87. The molecule has 0 radical (unpaired) electrons. The summed E-state index contributed by atoms with van der Waals surface area (Å²) in [6.45, 7) is 0.501. The third-order valence-electron chi connectivity index (χ3n) is 3.65. The molecule has 0 unspecified atom stereocenters. The molecule has 7 nitrogen and oxygen atoms in total. The summed E-state index contributed by atoms with van der Waals surface area (Å²) in [5.74, 6) is -2.11.